The van der Waals surface area contributed by atoms with E-state index in [-0.39, 0.29) is 5.92 Å². The molecule has 0 saturated heterocycles. The Hall–Kier alpha value is -2.57. The van der Waals surface area contributed by atoms with Gasteiger partial charge in [-0.2, -0.15) is 0 Å². The number of anilines is 2. The van der Waals surface area contributed by atoms with Crippen LogP contribution in [0.5, 0.6) is 0 Å². The fourth-order valence-corrected chi connectivity index (χ4v) is 9.98. The molecule has 0 atom stereocenters. The Morgan fingerprint density at radius 3 is 1.69 bits per heavy atom. The van der Waals surface area contributed by atoms with Crippen LogP contribution in [0.1, 0.15) is 65.5 Å². The molecule has 2 aromatic carbocycles. The predicted octanol–water partition coefficient (Wildman–Crippen LogP) is 5.76. The minimum Gasteiger partial charge on any atom is -0.477 e. The van der Waals surface area contributed by atoms with Crippen LogP contribution in [0, 0.1) is 6.92 Å². The summed E-state index contributed by atoms with van der Waals surface area (Å²) < 4.78 is 0. The van der Waals surface area contributed by atoms with Gasteiger partial charge in [-0.25, -0.2) is 4.79 Å². The summed E-state index contributed by atoms with van der Waals surface area (Å²) in [6.45, 7) is 19.7. The topological polar surface area (TPSA) is 43.8 Å². The molecule has 1 aliphatic heterocycles. The Kier molecular flexibility index (Phi) is 7.16. The first-order valence-corrected chi connectivity index (χ1v) is 16.7. The van der Waals surface area contributed by atoms with Gasteiger partial charge < -0.3 is 14.9 Å². The molecule has 0 fully saturated rings. The molecule has 0 radical (unpaired) electrons. The summed E-state index contributed by atoms with van der Waals surface area (Å²) >= 11 is 1.35. The molecule has 0 spiro atoms. The molecule has 0 bridgehead atoms. The van der Waals surface area contributed by atoms with Gasteiger partial charge in [0.2, 0.25) is 0 Å². The molecule has 1 aliphatic rings. The predicted molar refractivity (Wildman–Crippen MR) is 154 cm³/mol. The Balaban J connectivity index is 2.00. The first-order chi connectivity index (χ1) is 16.7. The van der Waals surface area contributed by atoms with Gasteiger partial charge in [-0.05, 0) is 96.9 Å². The van der Waals surface area contributed by atoms with E-state index in [2.05, 4.69) is 92.4 Å². The van der Waals surface area contributed by atoms with Gasteiger partial charge in [-0.15, -0.1) is 11.3 Å². The third-order valence-electron chi connectivity index (χ3n) is 7.88. The molecule has 1 N–H and O–H groups in total. The number of rotatable bonds is 8. The van der Waals surface area contributed by atoms with Crippen LogP contribution < -0.4 is 20.2 Å². The number of hydrogen-bond donors (Lipinski definition) is 1. The van der Waals surface area contributed by atoms with E-state index in [1.54, 1.807) is 0 Å². The Labute approximate surface area is 215 Å². The highest BCUT2D eigenvalue weighted by molar-refractivity contribution is 7.12. The summed E-state index contributed by atoms with van der Waals surface area (Å²) in [7, 11) is -2.01. The van der Waals surface area contributed by atoms with Crippen molar-refractivity contribution in [3.8, 4) is 0 Å². The average molecular weight is 507 g/mol. The lowest BCUT2D eigenvalue weighted by molar-refractivity contribution is 0.0701. The molecule has 6 heteroatoms. The third kappa shape index (κ3) is 4.21. The van der Waals surface area contributed by atoms with Crippen molar-refractivity contribution in [3.05, 3.63) is 68.9 Å². The number of carboxylic acids is 1. The molecule has 35 heavy (non-hydrogen) atoms. The summed E-state index contributed by atoms with van der Waals surface area (Å²) in [5, 5.41) is 14.8. The third-order valence-corrected chi connectivity index (χ3v) is 12.5. The van der Waals surface area contributed by atoms with E-state index in [1.165, 1.54) is 44.2 Å². The summed E-state index contributed by atoms with van der Waals surface area (Å²) in [5.41, 5.74) is 7.28. The fourth-order valence-electron chi connectivity index (χ4n) is 5.82. The normalized spacial score (nSPS) is 14.4. The van der Waals surface area contributed by atoms with Crippen LogP contribution in [0.25, 0.3) is 0 Å². The zero-order valence-corrected chi connectivity index (χ0v) is 23.9. The zero-order valence-electron chi connectivity index (χ0n) is 22.1. The second-order valence-electron chi connectivity index (χ2n) is 9.90. The first-order valence-electron chi connectivity index (χ1n) is 12.8. The SMILES string of the molecule is CCN(CC)c1ccc2c(c1)[Si](C)(C)c1cc(N(CC)CC)ccc1C2c1csc(C(=O)O)c1C. The van der Waals surface area contributed by atoms with Gasteiger partial charge in [0.1, 0.15) is 13.0 Å². The number of fused-ring (bicyclic) bond motifs is 2. The monoisotopic (exact) mass is 506 g/mol. The van der Waals surface area contributed by atoms with Crippen molar-refractivity contribution in [2.24, 2.45) is 0 Å². The van der Waals surface area contributed by atoms with Crippen LogP contribution in [-0.4, -0.2) is 45.3 Å². The lowest BCUT2D eigenvalue weighted by Gasteiger charge is -2.40. The van der Waals surface area contributed by atoms with Crippen LogP contribution >= 0.6 is 11.3 Å². The van der Waals surface area contributed by atoms with Crippen LogP contribution in [-0.2, 0) is 0 Å². The highest BCUT2D eigenvalue weighted by Crippen LogP contribution is 2.41. The van der Waals surface area contributed by atoms with Crippen molar-refractivity contribution in [1.29, 1.82) is 0 Å². The van der Waals surface area contributed by atoms with Gasteiger partial charge in [0.15, 0.2) is 0 Å². The van der Waals surface area contributed by atoms with E-state index in [9.17, 15) is 9.90 Å². The lowest BCUT2D eigenvalue weighted by Crippen LogP contribution is -2.59. The molecular formula is C29H38N2O2SSi. The molecule has 0 aliphatic carbocycles. The van der Waals surface area contributed by atoms with Crippen molar-refractivity contribution in [2.45, 2.75) is 53.6 Å². The van der Waals surface area contributed by atoms with E-state index in [1.807, 2.05) is 6.92 Å². The van der Waals surface area contributed by atoms with Gasteiger partial charge in [-0.1, -0.05) is 25.2 Å². The zero-order chi connectivity index (χ0) is 25.5. The summed E-state index contributed by atoms with van der Waals surface area (Å²) in [6, 6.07) is 14.0. The molecule has 3 aromatic rings. The molecule has 4 rings (SSSR count). The highest BCUT2D eigenvalue weighted by atomic mass is 32.1. The van der Waals surface area contributed by atoms with Crippen molar-refractivity contribution >= 4 is 47.1 Å². The number of carboxylic acid groups (broad SMARTS) is 1. The quantitative estimate of drug-likeness (QED) is 0.394. The van der Waals surface area contributed by atoms with Crippen molar-refractivity contribution < 1.29 is 9.90 Å². The van der Waals surface area contributed by atoms with Crippen LogP contribution in [0.3, 0.4) is 0 Å². The van der Waals surface area contributed by atoms with Gasteiger partial charge in [-0.3, -0.25) is 0 Å². The Bertz CT molecular complexity index is 1180. The maximum Gasteiger partial charge on any atom is 0.346 e. The number of carbonyl (C=O) groups is 1. The summed E-state index contributed by atoms with van der Waals surface area (Å²) in [5.74, 6) is -0.778. The summed E-state index contributed by atoms with van der Waals surface area (Å²) in [6.07, 6.45) is 0. The Morgan fingerprint density at radius 1 is 0.857 bits per heavy atom. The van der Waals surface area contributed by atoms with E-state index >= 15 is 0 Å². The van der Waals surface area contributed by atoms with Crippen LogP contribution in [0.15, 0.2) is 41.8 Å². The number of thiophene rings is 1. The minimum absolute atomic E-state index is 0.0568. The van der Waals surface area contributed by atoms with Gasteiger partial charge in [0, 0.05) is 43.5 Å². The second kappa shape index (κ2) is 9.82. The van der Waals surface area contributed by atoms with Crippen LogP contribution in [0.4, 0.5) is 11.4 Å². The molecule has 1 aromatic heterocycles. The smallest absolute Gasteiger partial charge is 0.346 e. The van der Waals surface area contributed by atoms with Crippen molar-refractivity contribution in [2.75, 3.05) is 36.0 Å². The van der Waals surface area contributed by atoms with Crippen molar-refractivity contribution in [3.63, 3.8) is 0 Å². The fraction of sp³-hybridized carbons (Fsp3) is 0.414. The molecule has 0 amide bonds. The highest BCUT2D eigenvalue weighted by Gasteiger charge is 2.41. The van der Waals surface area contributed by atoms with Gasteiger partial charge >= 0.3 is 5.97 Å². The molecule has 0 saturated carbocycles. The van der Waals surface area contributed by atoms with E-state index < -0.39 is 14.0 Å². The number of benzene rings is 2. The average Bonchev–Trinajstić information content (AvgIpc) is 3.22. The maximum absolute atomic E-state index is 11.9. The minimum atomic E-state index is -2.01. The van der Waals surface area contributed by atoms with Gasteiger partial charge in [0.25, 0.3) is 0 Å². The molecule has 4 nitrogen and oxygen atoms in total. The van der Waals surface area contributed by atoms with E-state index in [4.69, 9.17) is 0 Å². The number of hydrogen-bond acceptors (Lipinski definition) is 4. The molecule has 186 valence electrons. The van der Waals surface area contributed by atoms with E-state index in [0.29, 0.717) is 4.88 Å². The largest absolute Gasteiger partial charge is 0.477 e. The van der Waals surface area contributed by atoms with Crippen LogP contribution in [0.2, 0.25) is 13.1 Å². The Morgan fingerprint density at radius 2 is 1.31 bits per heavy atom. The number of nitrogens with zero attached hydrogens (tertiary/aromatic N) is 2. The lowest BCUT2D eigenvalue weighted by atomic mass is 9.83. The van der Waals surface area contributed by atoms with Crippen molar-refractivity contribution in [1.82, 2.24) is 0 Å². The van der Waals surface area contributed by atoms with Gasteiger partial charge in [0.05, 0.1) is 0 Å². The maximum atomic E-state index is 11.9. The summed E-state index contributed by atoms with van der Waals surface area (Å²) in [4.78, 5) is 17.2. The molecule has 0 unspecified atom stereocenters. The standard InChI is InChI=1S/C29H38N2O2SSi/c1-8-30(9-2)20-12-14-22-25(16-20)35(6,7)26-17-21(31(10-3)11-4)13-15-23(26)27(22)24-18-34-28(19(24)5)29(32)33/h12-18,27H,8-11H2,1-7H3,(H,32,33). The molecular weight excluding hydrogens is 468 g/mol. The van der Waals surface area contributed by atoms with E-state index in [0.717, 1.165) is 37.3 Å². The second-order valence-corrected chi connectivity index (χ2v) is 15.1. The first kappa shape index (κ1) is 25.5. The molecule has 2 heterocycles. The number of aromatic carboxylic acids is 1.